The van der Waals surface area contributed by atoms with Gasteiger partial charge in [0.15, 0.2) is 0 Å². The summed E-state index contributed by atoms with van der Waals surface area (Å²) in [6, 6.07) is 0. The average Bonchev–Trinajstić information content (AvgIpc) is 2.37. The maximum absolute atomic E-state index is 11.8. The van der Waals surface area contributed by atoms with Gasteiger partial charge < -0.3 is 10.4 Å². The van der Waals surface area contributed by atoms with E-state index in [1.54, 1.807) is 0 Å². The van der Waals surface area contributed by atoms with E-state index in [1.807, 2.05) is 0 Å². The van der Waals surface area contributed by atoms with Gasteiger partial charge in [-0.1, -0.05) is 46.0 Å². The summed E-state index contributed by atoms with van der Waals surface area (Å²) in [6.07, 6.45) is 7.01. The predicted molar refractivity (Wildman–Crippen MR) is 74.9 cm³/mol. The number of aliphatic carboxylic acids is 1. The normalized spacial score (nSPS) is 19.7. The summed E-state index contributed by atoms with van der Waals surface area (Å²) >= 11 is 0. The molecule has 110 valence electrons. The van der Waals surface area contributed by atoms with Gasteiger partial charge >= 0.3 is 5.97 Å². The van der Waals surface area contributed by atoms with E-state index in [4.69, 9.17) is 0 Å². The van der Waals surface area contributed by atoms with Crippen LogP contribution in [0.25, 0.3) is 0 Å². The lowest BCUT2D eigenvalue weighted by molar-refractivity contribution is -0.151. The Kier molecular flexibility index (Phi) is 6.32. The second kappa shape index (κ2) is 7.51. The zero-order chi connectivity index (χ0) is 14.3. The van der Waals surface area contributed by atoms with Gasteiger partial charge in [-0.2, -0.15) is 0 Å². The zero-order valence-corrected chi connectivity index (χ0v) is 12.2. The van der Waals surface area contributed by atoms with Crippen LogP contribution in [0.5, 0.6) is 0 Å². The van der Waals surface area contributed by atoms with E-state index in [0.29, 0.717) is 31.7 Å². The van der Waals surface area contributed by atoms with E-state index in [1.165, 1.54) is 0 Å². The molecule has 0 saturated heterocycles. The molecule has 4 nitrogen and oxygen atoms in total. The van der Waals surface area contributed by atoms with Crippen LogP contribution in [0.3, 0.4) is 0 Å². The fourth-order valence-electron chi connectivity index (χ4n) is 2.95. The number of carbonyl (C=O) groups excluding carboxylic acids is 1. The van der Waals surface area contributed by atoms with Crippen molar-refractivity contribution in [3.05, 3.63) is 0 Å². The van der Waals surface area contributed by atoms with Crippen LogP contribution in [-0.4, -0.2) is 23.5 Å². The van der Waals surface area contributed by atoms with Crippen molar-refractivity contribution in [3.8, 4) is 0 Å². The standard InChI is InChI=1S/C15H27NO3/c1-3-7-12(2)10-13(17)16-11-15(14(18)19)8-5-4-6-9-15/h12H,3-11H2,1-2H3,(H,16,17)(H,18,19). The molecule has 0 bridgehead atoms. The minimum atomic E-state index is -0.755. The topological polar surface area (TPSA) is 66.4 Å². The molecule has 1 unspecified atom stereocenters. The quantitative estimate of drug-likeness (QED) is 0.746. The second-order valence-electron chi connectivity index (χ2n) is 6.02. The third kappa shape index (κ3) is 4.84. The number of hydrogen-bond donors (Lipinski definition) is 2. The Balaban J connectivity index is 2.44. The molecule has 1 rings (SSSR count). The van der Waals surface area contributed by atoms with E-state index in [2.05, 4.69) is 19.2 Å². The number of hydrogen-bond acceptors (Lipinski definition) is 2. The van der Waals surface area contributed by atoms with Crippen molar-refractivity contribution in [2.45, 2.75) is 65.2 Å². The summed E-state index contributed by atoms with van der Waals surface area (Å²) in [7, 11) is 0. The van der Waals surface area contributed by atoms with E-state index >= 15 is 0 Å². The predicted octanol–water partition coefficient (Wildman–Crippen LogP) is 2.96. The SMILES string of the molecule is CCCC(C)CC(=O)NCC1(C(=O)O)CCCCC1. The molecule has 4 heteroatoms. The minimum absolute atomic E-state index is 0.00727. The van der Waals surface area contributed by atoms with Crippen LogP contribution in [0.4, 0.5) is 0 Å². The number of nitrogens with one attached hydrogen (secondary N) is 1. The summed E-state index contributed by atoms with van der Waals surface area (Å²) in [5.41, 5.74) is -0.720. The molecule has 1 amide bonds. The molecule has 0 aliphatic heterocycles. The van der Waals surface area contributed by atoms with Crippen molar-refractivity contribution in [1.82, 2.24) is 5.32 Å². The fourth-order valence-corrected chi connectivity index (χ4v) is 2.95. The molecule has 0 spiro atoms. The Morgan fingerprint density at radius 2 is 1.89 bits per heavy atom. The molecule has 0 aromatic heterocycles. The summed E-state index contributed by atoms with van der Waals surface area (Å²) in [6.45, 7) is 4.46. The lowest BCUT2D eigenvalue weighted by Gasteiger charge is -2.33. The monoisotopic (exact) mass is 269 g/mol. The number of rotatable bonds is 7. The summed E-state index contributed by atoms with van der Waals surface area (Å²) in [5.74, 6) is -0.390. The Morgan fingerprint density at radius 3 is 2.42 bits per heavy atom. The first kappa shape index (κ1) is 16.0. The minimum Gasteiger partial charge on any atom is -0.481 e. The lowest BCUT2D eigenvalue weighted by Crippen LogP contribution is -2.44. The van der Waals surface area contributed by atoms with Crippen molar-refractivity contribution >= 4 is 11.9 Å². The molecule has 1 fully saturated rings. The first-order valence-electron chi connectivity index (χ1n) is 7.50. The highest BCUT2D eigenvalue weighted by Gasteiger charge is 2.39. The maximum Gasteiger partial charge on any atom is 0.311 e. The van der Waals surface area contributed by atoms with Crippen LogP contribution in [-0.2, 0) is 9.59 Å². The van der Waals surface area contributed by atoms with Gasteiger partial charge in [0.05, 0.1) is 5.41 Å². The molecule has 0 heterocycles. The number of amides is 1. The van der Waals surface area contributed by atoms with E-state index in [-0.39, 0.29) is 5.91 Å². The van der Waals surface area contributed by atoms with Crippen LogP contribution in [0, 0.1) is 11.3 Å². The molecule has 1 saturated carbocycles. The summed E-state index contributed by atoms with van der Waals surface area (Å²) in [4.78, 5) is 23.3. The van der Waals surface area contributed by atoms with Crippen LogP contribution in [0.1, 0.15) is 65.2 Å². The molecule has 1 aliphatic rings. The van der Waals surface area contributed by atoms with Gasteiger partial charge in [-0.3, -0.25) is 9.59 Å². The van der Waals surface area contributed by atoms with Gasteiger partial charge in [-0.25, -0.2) is 0 Å². The highest BCUT2D eigenvalue weighted by Crippen LogP contribution is 2.36. The van der Waals surface area contributed by atoms with Crippen LogP contribution >= 0.6 is 0 Å². The van der Waals surface area contributed by atoms with Gasteiger partial charge in [0.1, 0.15) is 0 Å². The molecule has 1 atom stereocenters. The Bertz CT molecular complexity index is 309. The molecule has 0 aromatic rings. The Hall–Kier alpha value is -1.06. The highest BCUT2D eigenvalue weighted by atomic mass is 16.4. The number of carboxylic acids is 1. The molecule has 2 N–H and O–H groups in total. The van der Waals surface area contributed by atoms with Gasteiger partial charge in [0, 0.05) is 13.0 Å². The highest BCUT2D eigenvalue weighted by molar-refractivity contribution is 5.79. The van der Waals surface area contributed by atoms with Gasteiger partial charge in [-0.15, -0.1) is 0 Å². The van der Waals surface area contributed by atoms with E-state index in [0.717, 1.165) is 32.1 Å². The second-order valence-corrected chi connectivity index (χ2v) is 6.02. The van der Waals surface area contributed by atoms with Crippen molar-refractivity contribution in [2.75, 3.05) is 6.54 Å². The number of carbonyl (C=O) groups is 2. The number of carboxylic acid groups (broad SMARTS) is 1. The molecular weight excluding hydrogens is 242 g/mol. The molecular formula is C15H27NO3. The average molecular weight is 269 g/mol. The smallest absolute Gasteiger partial charge is 0.311 e. The first-order chi connectivity index (χ1) is 9.00. The van der Waals surface area contributed by atoms with E-state index in [9.17, 15) is 14.7 Å². The van der Waals surface area contributed by atoms with Gasteiger partial charge in [0.2, 0.25) is 5.91 Å². The van der Waals surface area contributed by atoms with Crippen molar-refractivity contribution in [1.29, 1.82) is 0 Å². The van der Waals surface area contributed by atoms with E-state index < -0.39 is 11.4 Å². The van der Waals surface area contributed by atoms with Gasteiger partial charge in [0.25, 0.3) is 0 Å². The molecule has 19 heavy (non-hydrogen) atoms. The molecule has 0 aromatic carbocycles. The Morgan fingerprint density at radius 1 is 1.26 bits per heavy atom. The Labute approximate surface area is 116 Å². The van der Waals surface area contributed by atoms with Crippen LogP contribution < -0.4 is 5.32 Å². The molecule has 0 radical (unpaired) electrons. The third-order valence-corrected chi connectivity index (χ3v) is 4.20. The van der Waals surface area contributed by atoms with Gasteiger partial charge in [-0.05, 0) is 18.8 Å². The van der Waals surface area contributed by atoms with Crippen molar-refractivity contribution in [3.63, 3.8) is 0 Å². The summed E-state index contributed by atoms with van der Waals surface area (Å²) in [5, 5.41) is 12.3. The third-order valence-electron chi connectivity index (χ3n) is 4.20. The zero-order valence-electron chi connectivity index (χ0n) is 12.2. The molecule has 1 aliphatic carbocycles. The van der Waals surface area contributed by atoms with Crippen molar-refractivity contribution in [2.24, 2.45) is 11.3 Å². The maximum atomic E-state index is 11.8. The van der Waals surface area contributed by atoms with Crippen molar-refractivity contribution < 1.29 is 14.7 Å². The first-order valence-corrected chi connectivity index (χ1v) is 7.50. The lowest BCUT2D eigenvalue weighted by atomic mass is 9.74. The van der Waals surface area contributed by atoms with Crippen LogP contribution in [0.15, 0.2) is 0 Å². The van der Waals surface area contributed by atoms with Crippen LogP contribution in [0.2, 0.25) is 0 Å². The summed E-state index contributed by atoms with van der Waals surface area (Å²) < 4.78 is 0. The largest absolute Gasteiger partial charge is 0.481 e. The fraction of sp³-hybridized carbons (Fsp3) is 0.867.